The van der Waals surface area contributed by atoms with Crippen LogP contribution in [0.1, 0.15) is 37.5 Å². The summed E-state index contributed by atoms with van der Waals surface area (Å²) in [5.74, 6) is -2.12. The number of nitrogens with zero attached hydrogens (tertiary/aromatic N) is 1. The zero-order valence-electron chi connectivity index (χ0n) is 15.5. The first kappa shape index (κ1) is 19.5. The summed E-state index contributed by atoms with van der Waals surface area (Å²) in [6.45, 7) is 4.99. The Hall–Kier alpha value is -2.28. The molecule has 4 nitrogen and oxygen atoms in total. The Kier molecular flexibility index (Phi) is 4.62. The minimum atomic E-state index is -3.85. The Balaban J connectivity index is 2.20. The van der Waals surface area contributed by atoms with E-state index in [0.29, 0.717) is 5.56 Å². The molecule has 1 aliphatic heterocycles. The summed E-state index contributed by atoms with van der Waals surface area (Å²) < 4.78 is 52.7. The van der Waals surface area contributed by atoms with Gasteiger partial charge in [0.05, 0.1) is 5.75 Å². The van der Waals surface area contributed by atoms with Gasteiger partial charge in [0, 0.05) is 11.6 Å². The number of halogens is 2. The minimum Gasteiger partial charge on any atom is -0.386 e. The Bertz CT molecular complexity index is 1040. The van der Waals surface area contributed by atoms with Crippen molar-refractivity contribution >= 4 is 15.7 Å². The zero-order valence-corrected chi connectivity index (χ0v) is 16.3. The van der Waals surface area contributed by atoms with Gasteiger partial charge in [-0.25, -0.2) is 17.2 Å². The SMILES string of the molecule is CCc1cccc([C@]2(C)C(N)=N[C@](C)(c3ccc(F)cc3F)CS2(=O)=O)c1. The van der Waals surface area contributed by atoms with Crippen molar-refractivity contribution in [2.45, 2.75) is 37.5 Å². The molecular formula is C20H22F2N2O2S. The molecule has 1 aliphatic rings. The van der Waals surface area contributed by atoms with Crippen molar-refractivity contribution in [1.82, 2.24) is 0 Å². The molecule has 3 rings (SSSR count). The van der Waals surface area contributed by atoms with Gasteiger partial charge in [0.15, 0.2) is 14.6 Å². The molecule has 2 aromatic rings. The lowest BCUT2D eigenvalue weighted by atomic mass is 9.91. The number of aliphatic imine (C=N–C) groups is 1. The van der Waals surface area contributed by atoms with Gasteiger partial charge < -0.3 is 5.73 Å². The molecule has 144 valence electrons. The number of nitrogens with two attached hydrogens (primary N) is 1. The Labute approximate surface area is 158 Å². The lowest BCUT2D eigenvalue weighted by Crippen LogP contribution is -2.54. The summed E-state index contributed by atoms with van der Waals surface area (Å²) in [7, 11) is -3.85. The molecule has 1 heterocycles. The van der Waals surface area contributed by atoms with Gasteiger partial charge in [-0.1, -0.05) is 37.3 Å². The van der Waals surface area contributed by atoms with Crippen molar-refractivity contribution in [2.75, 3.05) is 5.75 Å². The van der Waals surface area contributed by atoms with Crippen LogP contribution < -0.4 is 5.73 Å². The maximum atomic E-state index is 14.3. The molecule has 0 unspecified atom stereocenters. The van der Waals surface area contributed by atoms with E-state index in [1.807, 2.05) is 13.0 Å². The minimum absolute atomic E-state index is 0.000200. The number of aryl methyl sites for hydroxylation is 1. The van der Waals surface area contributed by atoms with E-state index in [2.05, 4.69) is 4.99 Å². The second-order valence-electron chi connectivity index (χ2n) is 7.24. The third kappa shape index (κ3) is 3.04. The maximum absolute atomic E-state index is 14.3. The summed E-state index contributed by atoms with van der Waals surface area (Å²) in [6, 6.07) is 10.2. The van der Waals surface area contributed by atoms with Gasteiger partial charge in [-0.2, -0.15) is 0 Å². The van der Waals surface area contributed by atoms with E-state index in [4.69, 9.17) is 5.73 Å². The van der Waals surface area contributed by atoms with Crippen LogP contribution in [-0.4, -0.2) is 20.0 Å². The summed E-state index contributed by atoms with van der Waals surface area (Å²) in [5.41, 5.74) is 6.26. The van der Waals surface area contributed by atoms with E-state index in [1.165, 1.54) is 19.9 Å². The fourth-order valence-corrected chi connectivity index (χ4v) is 5.66. The monoisotopic (exact) mass is 392 g/mol. The highest BCUT2D eigenvalue weighted by atomic mass is 32.2. The third-order valence-electron chi connectivity index (χ3n) is 5.35. The molecule has 2 aromatic carbocycles. The van der Waals surface area contributed by atoms with Crippen LogP contribution in [0.5, 0.6) is 0 Å². The molecule has 0 saturated heterocycles. The number of hydrogen-bond donors (Lipinski definition) is 1. The Morgan fingerprint density at radius 3 is 2.44 bits per heavy atom. The van der Waals surface area contributed by atoms with Crippen molar-refractivity contribution in [3.8, 4) is 0 Å². The first-order valence-electron chi connectivity index (χ1n) is 8.66. The Morgan fingerprint density at radius 2 is 1.85 bits per heavy atom. The van der Waals surface area contributed by atoms with Crippen LogP contribution in [0.4, 0.5) is 8.78 Å². The van der Waals surface area contributed by atoms with Gasteiger partial charge in [-0.15, -0.1) is 0 Å². The van der Waals surface area contributed by atoms with Crippen LogP contribution in [0, 0.1) is 11.6 Å². The smallest absolute Gasteiger partial charge is 0.169 e. The second kappa shape index (κ2) is 6.41. The first-order valence-corrected chi connectivity index (χ1v) is 10.3. The molecule has 2 N–H and O–H groups in total. The molecule has 0 aliphatic carbocycles. The molecular weight excluding hydrogens is 370 g/mol. The van der Waals surface area contributed by atoms with Crippen LogP contribution in [-0.2, 0) is 26.5 Å². The number of rotatable bonds is 3. The van der Waals surface area contributed by atoms with Crippen LogP contribution in [0.25, 0.3) is 0 Å². The van der Waals surface area contributed by atoms with Crippen molar-refractivity contribution in [2.24, 2.45) is 10.7 Å². The normalized spacial score (nSPS) is 27.2. The van der Waals surface area contributed by atoms with Crippen LogP contribution in [0.3, 0.4) is 0 Å². The predicted molar refractivity (Wildman–Crippen MR) is 102 cm³/mol. The standard InChI is InChI=1S/C20H22F2N2O2S/c1-4-13-6-5-7-14(10-13)20(3)18(23)24-19(2,12-27(20,25)26)16-9-8-15(21)11-17(16)22/h5-11H,4,12H2,1-3H3,(H2,23,24)/t19-,20+/m0/s1. The van der Waals surface area contributed by atoms with Crippen LogP contribution >= 0.6 is 0 Å². The van der Waals surface area contributed by atoms with E-state index in [-0.39, 0.29) is 11.4 Å². The highest BCUT2D eigenvalue weighted by Gasteiger charge is 2.53. The molecule has 0 spiro atoms. The molecule has 0 fully saturated rings. The van der Waals surface area contributed by atoms with Crippen molar-refractivity contribution in [1.29, 1.82) is 0 Å². The topological polar surface area (TPSA) is 72.5 Å². The van der Waals surface area contributed by atoms with Gasteiger partial charge in [-0.3, -0.25) is 4.99 Å². The zero-order chi connectivity index (χ0) is 20.0. The highest BCUT2D eigenvalue weighted by molar-refractivity contribution is 7.93. The van der Waals surface area contributed by atoms with Crippen molar-refractivity contribution in [3.63, 3.8) is 0 Å². The summed E-state index contributed by atoms with van der Waals surface area (Å²) in [4.78, 5) is 4.41. The fourth-order valence-electron chi connectivity index (χ4n) is 3.56. The van der Waals surface area contributed by atoms with Crippen molar-refractivity contribution in [3.05, 3.63) is 70.8 Å². The van der Waals surface area contributed by atoms with E-state index in [9.17, 15) is 17.2 Å². The van der Waals surface area contributed by atoms with Gasteiger partial charge in [0.25, 0.3) is 0 Å². The van der Waals surface area contributed by atoms with E-state index < -0.39 is 37.5 Å². The third-order valence-corrected chi connectivity index (χ3v) is 7.98. The van der Waals surface area contributed by atoms with E-state index in [0.717, 1.165) is 24.1 Å². The number of benzene rings is 2. The van der Waals surface area contributed by atoms with Gasteiger partial charge in [0.1, 0.15) is 23.0 Å². The average molecular weight is 392 g/mol. The number of hydrogen-bond acceptors (Lipinski definition) is 4. The largest absolute Gasteiger partial charge is 0.386 e. The summed E-state index contributed by atoms with van der Waals surface area (Å²) in [5, 5.41) is 0. The molecule has 0 radical (unpaired) electrons. The second-order valence-corrected chi connectivity index (χ2v) is 9.58. The predicted octanol–water partition coefficient (Wildman–Crippen LogP) is 3.44. The highest BCUT2D eigenvalue weighted by Crippen LogP contribution is 2.42. The molecule has 0 bridgehead atoms. The molecule has 2 atom stereocenters. The quantitative estimate of drug-likeness (QED) is 0.870. The molecule has 0 saturated carbocycles. The van der Waals surface area contributed by atoms with E-state index in [1.54, 1.807) is 18.2 Å². The molecule has 0 amide bonds. The maximum Gasteiger partial charge on any atom is 0.169 e. The molecule has 0 aromatic heterocycles. The lowest BCUT2D eigenvalue weighted by Gasteiger charge is -2.40. The van der Waals surface area contributed by atoms with Crippen LogP contribution in [0.15, 0.2) is 47.5 Å². The van der Waals surface area contributed by atoms with Crippen LogP contribution in [0.2, 0.25) is 0 Å². The first-order chi connectivity index (χ1) is 12.5. The van der Waals surface area contributed by atoms with Gasteiger partial charge in [-0.05, 0) is 37.5 Å². The Morgan fingerprint density at radius 1 is 1.15 bits per heavy atom. The van der Waals surface area contributed by atoms with Gasteiger partial charge in [0.2, 0.25) is 0 Å². The molecule has 7 heteroatoms. The number of sulfone groups is 1. The fraction of sp³-hybridized carbons (Fsp3) is 0.350. The van der Waals surface area contributed by atoms with E-state index >= 15 is 0 Å². The summed E-state index contributed by atoms with van der Waals surface area (Å²) in [6.07, 6.45) is 0.750. The number of amidine groups is 1. The summed E-state index contributed by atoms with van der Waals surface area (Å²) >= 11 is 0. The molecule has 27 heavy (non-hydrogen) atoms. The van der Waals surface area contributed by atoms with Gasteiger partial charge >= 0.3 is 0 Å². The average Bonchev–Trinajstić information content (AvgIpc) is 2.58. The lowest BCUT2D eigenvalue weighted by molar-refractivity contribution is 0.469. The van der Waals surface area contributed by atoms with Crippen molar-refractivity contribution < 1.29 is 17.2 Å².